The molecule has 0 radical (unpaired) electrons. The van der Waals surface area contributed by atoms with Crippen LogP contribution in [0, 0.1) is 5.41 Å². The van der Waals surface area contributed by atoms with Gasteiger partial charge in [-0.25, -0.2) is 0 Å². The highest BCUT2D eigenvalue weighted by molar-refractivity contribution is 4.83. The summed E-state index contributed by atoms with van der Waals surface area (Å²) in [4.78, 5) is 1.33. The standard InChI is InChI=1S/C12H25F3N2/c1-6-7-16-10(11(2,3)4)8-17(5)9-12(13,14)15/h10,16H,6-9H2,1-5H3. The highest BCUT2D eigenvalue weighted by atomic mass is 19.4. The number of hydrogen-bond donors (Lipinski definition) is 1. The molecule has 0 aliphatic carbocycles. The maximum atomic E-state index is 12.2. The molecule has 104 valence electrons. The molecule has 1 N–H and O–H groups in total. The monoisotopic (exact) mass is 254 g/mol. The van der Waals surface area contributed by atoms with Crippen LogP contribution < -0.4 is 5.32 Å². The van der Waals surface area contributed by atoms with Gasteiger partial charge in [-0.3, -0.25) is 4.90 Å². The second-order valence-electron chi connectivity index (χ2n) is 5.68. The van der Waals surface area contributed by atoms with E-state index in [2.05, 4.69) is 5.32 Å². The van der Waals surface area contributed by atoms with Crippen LogP contribution in [-0.2, 0) is 0 Å². The Morgan fingerprint density at radius 3 is 2.06 bits per heavy atom. The number of nitrogens with zero attached hydrogens (tertiary/aromatic N) is 1. The Bertz CT molecular complexity index is 209. The van der Waals surface area contributed by atoms with E-state index in [1.54, 1.807) is 0 Å². The van der Waals surface area contributed by atoms with Gasteiger partial charge in [-0.1, -0.05) is 27.7 Å². The number of alkyl halides is 3. The van der Waals surface area contributed by atoms with Crippen molar-refractivity contribution in [2.45, 2.75) is 46.3 Å². The van der Waals surface area contributed by atoms with E-state index in [9.17, 15) is 13.2 Å². The quantitative estimate of drug-likeness (QED) is 0.784. The summed E-state index contributed by atoms with van der Waals surface area (Å²) >= 11 is 0. The van der Waals surface area contributed by atoms with Crippen LogP contribution in [0.2, 0.25) is 0 Å². The van der Waals surface area contributed by atoms with Gasteiger partial charge >= 0.3 is 6.18 Å². The highest BCUT2D eigenvalue weighted by Gasteiger charge is 2.32. The van der Waals surface area contributed by atoms with Crippen LogP contribution in [0.4, 0.5) is 13.2 Å². The predicted octanol–water partition coefficient (Wildman–Crippen LogP) is 2.89. The van der Waals surface area contributed by atoms with E-state index < -0.39 is 12.7 Å². The first-order valence-corrected chi connectivity index (χ1v) is 6.05. The third kappa shape index (κ3) is 8.44. The van der Waals surface area contributed by atoms with Crippen molar-refractivity contribution in [3.8, 4) is 0 Å². The van der Waals surface area contributed by atoms with Gasteiger partial charge in [0, 0.05) is 12.6 Å². The molecule has 0 heterocycles. The SMILES string of the molecule is CCCNC(CN(C)CC(F)(F)F)C(C)(C)C. The number of likely N-dealkylation sites (N-methyl/N-ethyl adjacent to an activating group) is 1. The van der Waals surface area contributed by atoms with Gasteiger partial charge in [-0.2, -0.15) is 13.2 Å². The van der Waals surface area contributed by atoms with Crippen LogP contribution in [0.5, 0.6) is 0 Å². The zero-order chi connectivity index (χ0) is 13.7. The van der Waals surface area contributed by atoms with Crippen LogP contribution in [0.15, 0.2) is 0 Å². The van der Waals surface area contributed by atoms with Crippen molar-refractivity contribution < 1.29 is 13.2 Å². The lowest BCUT2D eigenvalue weighted by Crippen LogP contribution is -2.49. The summed E-state index contributed by atoms with van der Waals surface area (Å²) < 4.78 is 36.7. The zero-order valence-electron chi connectivity index (χ0n) is 11.5. The maximum Gasteiger partial charge on any atom is 0.401 e. The lowest BCUT2D eigenvalue weighted by atomic mass is 9.86. The molecule has 17 heavy (non-hydrogen) atoms. The molecule has 0 spiro atoms. The lowest BCUT2D eigenvalue weighted by molar-refractivity contribution is -0.144. The van der Waals surface area contributed by atoms with Crippen molar-refractivity contribution >= 4 is 0 Å². The molecule has 5 heteroatoms. The number of nitrogens with one attached hydrogen (secondary N) is 1. The molecule has 0 rings (SSSR count). The average Bonchev–Trinajstić information content (AvgIpc) is 2.07. The van der Waals surface area contributed by atoms with Crippen molar-refractivity contribution in [2.75, 3.05) is 26.7 Å². The van der Waals surface area contributed by atoms with Crippen LogP contribution >= 0.6 is 0 Å². The average molecular weight is 254 g/mol. The Labute approximate surface area is 103 Å². The summed E-state index contributed by atoms with van der Waals surface area (Å²) in [5.41, 5.74) is -0.0466. The summed E-state index contributed by atoms with van der Waals surface area (Å²) in [7, 11) is 1.51. The number of hydrogen-bond acceptors (Lipinski definition) is 2. The molecule has 0 saturated heterocycles. The summed E-state index contributed by atoms with van der Waals surface area (Å²) in [6.07, 6.45) is -3.14. The first-order valence-electron chi connectivity index (χ1n) is 6.05. The van der Waals surface area contributed by atoms with E-state index in [1.165, 1.54) is 11.9 Å². The van der Waals surface area contributed by atoms with Crippen LogP contribution in [0.25, 0.3) is 0 Å². The number of rotatable bonds is 6. The second-order valence-corrected chi connectivity index (χ2v) is 5.68. The van der Waals surface area contributed by atoms with Crippen molar-refractivity contribution in [3.63, 3.8) is 0 Å². The molecule has 2 nitrogen and oxygen atoms in total. The Morgan fingerprint density at radius 2 is 1.71 bits per heavy atom. The summed E-state index contributed by atoms with van der Waals surface area (Å²) in [6.45, 7) is 8.57. The van der Waals surface area contributed by atoms with E-state index >= 15 is 0 Å². The fourth-order valence-electron chi connectivity index (χ4n) is 1.65. The Morgan fingerprint density at radius 1 is 1.18 bits per heavy atom. The molecule has 0 amide bonds. The molecule has 0 aliphatic rings. The van der Waals surface area contributed by atoms with Crippen molar-refractivity contribution in [1.29, 1.82) is 0 Å². The molecule has 0 bridgehead atoms. The van der Waals surface area contributed by atoms with Gasteiger partial charge in [0.2, 0.25) is 0 Å². The van der Waals surface area contributed by atoms with Crippen LogP contribution in [0.3, 0.4) is 0 Å². The minimum atomic E-state index is -4.12. The minimum absolute atomic E-state index is 0.0466. The first-order chi connectivity index (χ1) is 7.56. The molecule has 0 saturated carbocycles. The molecule has 0 aromatic carbocycles. The van der Waals surface area contributed by atoms with Crippen molar-refractivity contribution in [2.24, 2.45) is 5.41 Å². The van der Waals surface area contributed by atoms with Gasteiger partial charge < -0.3 is 5.32 Å². The topological polar surface area (TPSA) is 15.3 Å². The smallest absolute Gasteiger partial charge is 0.312 e. The van der Waals surface area contributed by atoms with Crippen molar-refractivity contribution in [3.05, 3.63) is 0 Å². The van der Waals surface area contributed by atoms with Gasteiger partial charge in [0.25, 0.3) is 0 Å². The van der Waals surface area contributed by atoms with Gasteiger partial charge in [-0.15, -0.1) is 0 Å². The molecular weight excluding hydrogens is 229 g/mol. The second kappa shape index (κ2) is 6.59. The fourth-order valence-corrected chi connectivity index (χ4v) is 1.65. The number of halogens is 3. The summed E-state index contributed by atoms with van der Waals surface area (Å²) in [5, 5.41) is 3.32. The van der Waals surface area contributed by atoms with E-state index in [4.69, 9.17) is 0 Å². The zero-order valence-corrected chi connectivity index (χ0v) is 11.5. The molecule has 0 aliphatic heterocycles. The highest BCUT2D eigenvalue weighted by Crippen LogP contribution is 2.22. The van der Waals surface area contributed by atoms with Gasteiger partial charge in [-0.05, 0) is 25.4 Å². The lowest BCUT2D eigenvalue weighted by Gasteiger charge is -2.35. The Hall–Kier alpha value is -0.290. The molecule has 1 atom stereocenters. The minimum Gasteiger partial charge on any atom is -0.312 e. The third-order valence-corrected chi connectivity index (χ3v) is 2.63. The van der Waals surface area contributed by atoms with E-state index in [1.807, 2.05) is 27.7 Å². The summed E-state index contributed by atoms with van der Waals surface area (Å²) in [6, 6.07) is 0.0646. The molecule has 0 fully saturated rings. The Balaban J connectivity index is 4.33. The van der Waals surface area contributed by atoms with Crippen molar-refractivity contribution in [1.82, 2.24) is 10.2 Å². The van der Waals surface area contributed by atoms with E-state index in [0.29, 0.717) is 6.54 Å². The predicted molar refractivity (Wildman–Crippen MR) is 65.1 cm³/mol. The van der Waals surface area contributed by atoms with Crippen LogP contribution in [-0.4, -0.2) is 43.8 Å². The van der Waals surface area contributed by atoms with Gasteiger partial charge in [0.15, 0.2) is 0 Å². The van der Waals surface area contributed by atoms with Crippen LogP contribution in [0.1, 0.15) is 34.1 Å². The molecular formula is C12H25F3N2. The molecule has 0 aromatic heterocycles. The van der Waals surface area contributed by atoms with Gasteiger partial charge in [0.1, 0.15) is 0 Å². The third-order valence-electron chi connectivity index (χ3n) is 2.63. The summed E-state index contributed by atoms with van der Waals surface area (Å²) in [5.74, 6) is 0. The largest absolute Gasteiger partial charge is 0.401 e. The maximum absolute atomic E-state index is 12.2. The normalized spacial score (nSPS) is 15.4. The first kappa shape index (κ1) is 16.7. The Kier molecular flexibility index (Phi) is 6.48. The van der Waals surface area contributed by atoms with E-state index in [0.717, 1.165) is 13.0 Å². The fraction of sp³-hybridized carbons (Fsp3) is 1.00. The molecule has 0 aromatic rings. The van der Waals surface area contributed by atoms with Gasteiger partial charge in [0.05, 0.1) is 6.54 Å². The molecule has 1 unspecified atom stereocenters. The van der Waals surface area contributed by atoms with E-state index in [-0.39, 0.29) is 11.5 Å².